The quantitative estimate of drug-likeness (QED) is 0.799. The predicted octanol–water partition coefficient (Wildman–Crippen LogP) is 3.28. The van der Waals surface area contributed by atoms with Crippen LogP contribution < -0.4 is 9.64 Å². The summed E-state index contributed by atoms with van der Waals surface area (Å²) in [4.78, 5) is 4.59. The SMILES string of the molecule is COc1ccc(N(C)c2nc(F)c(F)cc2F)cc1. The molecule has 19 heavy (non-hydrogen) atoms. The molecule has 1 heterocycles. The summed E-state index contributed by atoms with van der Waals surface area (Å²) in [5.41, 5.74) is 0.568. The first-order chi connectivity index (χ1) is 9.02. The Balaban J connectivity index is 2.37. The van der Waals surface area contributed by atoms with E-state index in [2.05, 4.69) is 4.98 Å². The third kappa shape index (κ3) is 2.62. The van der Waals surface area contributed by atoms with Crippen molar-refractivity contribution >= 4 is 11.5 Å². The summed E-state index contributed by atoms with van der Waals surface area (Å²) >= 11 is 0. The van der Waals surface area contributed by atoms with Gasteiger partial charge in [-0.25, -0.2) is 8.78 Å². The van der Waals surface area contributed by atoms with Gasteiger partial charge in [0.05, 0.1) is 7.11 Å². The van der Waals surface area contributed by atoms with Crippen molar-refractivity contribution in [2.75, 3.05) is 19.1 Å². The summed E-state index contributed by atoms with van der Waals surface area (Å²) in [5.74, 6) is -3.24. The van der Waals surface area contributed by atoms with Gasteiger partial charge in [0.15, 0.2) is 17.5 Å². The highest BCUT2D eigenvalue weighted by atomic mass is 19.2. The fourth-order valence-electron chi connectivity index (χ4n) is 1.60. The molecule has 0 saturated carbocycles. The zero-order valence-corrected chi connectivity index (χ0v) is 10.3. The van der Waals surface area contributed by atoms with E-state index in [0.717, 1.165) is 0 Å². The minimum Gasteiger partial charge on any atom is -0.497 e. The standard InChI is InChI=1S/C13H11F3N2O/c1-18(8-3-5-9(19-2)6-4-8)13-11(15)7-10(14)12(16)17-13/h3-7H,1-2H3. The second-order valence-electron chi connectivity index (χ2n) is 3.82. The fourth-order valence-corrected chi connectivity index (χ4v) is 1.60. The van der Waals surface area contributed by atoms with Gasteiger partial charge in [-0.2, -0.15) is 9.37 Å². The van der Waals surface area contributed by atoms with Crippen LogP contribution in [0.2, 0.25) is 0 Å². The van der Waals surface area contributed by atoms with Crippen LogP contribution in [0.5, 0.6) is 5.75 Å². The monoisotopic (exact) mass is 268 g/mol. The van der Waals surface area contributed by atoms with E-state index in [9.17, 15) is 13.2 Å². The van der Waals surface area contributed by atoms with Crippen molar-refractivity contribution in [2.24, 2.45) is 0 Å². The summed E-state index contributed by atoms with van der Waals surface area (Å²) in [7, 11) is 3.03. The minimum absolute atomic E-state index is 0.288. The molecule has 1 aromatic heterocycles. The topological polar surface area (TPSA) is 25.4 Å². The molecule has 2 aromatic rings. The number of pyridine rings is 1. The number of methoxy groups -OCH3 is 1. The lowest BCUT2D eigenvalue weighted by molar-refractivity contribution is 0.415. The molecule has 0 aliphatic rings. The third-order valence-electron chi connectivity index (χ3n) is 2.65. The van der Waals surface area contributed by atoms with Crippen LogP contribution in [-0.4, -0.2) is 19.1 Å². The van der Waals surface area contributed by atoms with Crippen LogP contribution in [0, 0.1) is 17.6 Å². The van der Waals surface area contributed by atoms with Crippen LogP contribution in [0.4, 0.5) is 24.7 Å². The number of benzene rings is 1. The highest BCUT2D eigenvalue weighted by Gasteiger charge is 2.16. The number of halogens is 3. The molecule has 2 rings (SSSR count). The molecule has 0 N–H and O–H groups in total. The van der Waals surface area contributed by atoms with E-state index < -0.39 is 17.6 Å². The molecule has 1 aromatic carbocycles. The molecular weight excluding hydrogens is 257 g/mol. The van der Waals surface area contributed by atoms with Crippen LogP contribution in [0.1, 0.15) is 0 Å². The van der Waals surface area contributed by atoms with E-state index >= 15 is 0 Å². The highest BCUT2D eigenvalue weighted by molar-refractivity contribution is 5.60. The molecule has 0 saturated heterocycles. The van der Waals surface area contributed by atoms with Crippen molar-refractivity contribution in [3.05, 3.63) is 47.9 Å². The Hall–Kier alpha value is -2.24. The van der Waals surface area contributed by atoms with Gasteiger partial charge < -0.3 is 9.64 Å². The van der Waals surface area contributed by atoms with Crippen molar-refractivity contribution < 1.29 is 17.9 Å². The average Bonchev–Trinajstić information content (AvgIpc) is 2.42. The Morgan fingerprint density at radius 1 is 1.05 bits per heavy atom. The second-order valence-corrected chi connectivity index (χ2v) is 3.82. The number of hydrogen-bond donors (Lipinski definition) is 0. The van der Waals surface area contributed by atoms with E-state index in [-0.39, 0.29) is 5.82 Å². The summed E-state index contributed by atoms with van der Waals surface area (Å²) in [6.07, 6.45) is 0. The number of hydrogen-bond acceptors (Lipinski definition) is 3. The molecule has 0 atom stereocenters. The van der Waals surface area contributed by atoms with Gasteiger partial charge in [-0.3, -0.25) is 0 Å². The molecule has 0 fully saturated rings. The van der Waals surface area contributed by atoms with E-state index in [1.165, 1.54) is 19.1 Å². The van der Waals surface area contributed by atoms with Gasteiger partial charge in [-0.15, -0.1) is 0 Å². The number of ether oxygens (including phenoxy) is 1. The fraction of sp³-hybridized carbons (Fsp3) is 0.154. The smallest absolute Gasteiger partial charge is 0.251 e. The first-order valence-electron chi connectivity index (χ1n) is 5.42. The molecule has 0 amide bonds. The first-order valence-corrected chi connectivity index (χ1v) is 5.42. The largest absolute Gasteiger partial charge is 0.497 e. The highest BCUT2D eigenvalue weighted by Crippen LogP contribution is 2.26. The molecule has 0 aliphatic carbocycles. The van der Waals surface area contributed by atoms with E-state index in [0.29, 0.717) is 17.5 Å². The van der Waals surface area contributed by atoms with Crippen LogP contribution >= 0.6 is 0 Å². The number of rotatable bonds is 3. The van der Waals surface area contributed by atoms with E-state index in [4.69, 9.17) is 4.74 Å². The maximum Gasteiger partial charge on any atom is 0.251 e. The predicted molar refractivity (Wildman–Crippen MR) is 65.2 cm³/mol. The molecule has 0 unspecified atom stereocenters. The Kier molecular flexibility index (Phi) is 3.59. The Bertz CT molecular complexity index is 587. The lowest BCUT2D eigenvalue weighted by Crippen LogP contribution is -2.14. The second kappa shape index (κ2) is 5.17. The third-order valence-corrected chi connectivity index (χ3v) is 2.65. The zero-order valence-electron chi connectivity index (χ0n) is 10.3. The van der Waals surface area contributed by atoms with Gasteiger partial charge >= 0.3 is 0 Å². The zero-order chi connectivity index (χ0) is 14.0. The first kappa shape index (κ1) is 13.2. The van der Waals surface area contributed by atoms with Crippen molar-refractivity contribution in [3.63, 3.8) is 0 Å². The van der Waals surface area contributed by atoms with E-state index in [1.54, 1.807) is 24.3 Å². The minimum atomic E-state index is -1.34. The Morgan fingerprint density at radius 2 is 1.68 bits per heavy atom. The number of aromatic nitrogens is 1. The molecule has 0 bridgehead atoms. The van der Waals surface area contributed by atoms with Gasteiger partial charge in [-0.05, 0) is 24.3 Å². The summed E-state index contributed by atoms with van der Waals surface area (Å²) in [6.45, 7) is 0. The van der Waals surface area contributed by atoms with Crippen molar-refractivity contribution in [3.8, 4) is 5.75 Å². The normalized spacial score (nSPS) is 10.4. The van der Waals surface area contributed by atoms with Crippen molar-refractivity contribution in [1.82, 2.24) is 4.98 Å². The van der Waals surface area contributed by atoms with Crippen LogP contribution in [0.3, 0.4) is 0 Å². The van der Waals surface area contributed by atoms with Crippen LogP contribution in [0.25, 0.3) is 0 Å². The Labute approximate surface area is 108 Å². The number of anilines is 2. The molecule has 6 heteroatoms. The van der Waals surface area contributed by atoms with Gasteiger partial charge in [0.1, 0.15) is 5.75 Å². The summed E-state index contributed by atoms with van der Waals surface area (Å²) in [5, 5.41) is 0. The average molecular weight is 268 g/mol. The van der Waals surface area contributed by atoms with Gasteiger partial charge in [0.2, 0.25) is 0 Å². The van der Waals surface area contributed by atoms with Crippen LogP contribution in [-0.2, 0) is 0 Å². The van der Waals surface area contributed by atoms with Gasteiger partial charge in [-0.1, -0.05) is 0 Å². The van der Waals surface area contributed by atoms with Crippen molar-refractivity contribution in [1.29, 1.82) is 0 Å². The number of nitrogens with zero attached hydrogens (tertiary/aromatic N) is 2. The van der Waals surface area contributed by atoms with Crippen LogP contribution in [0.15, 0.2) is 30.3 Å². The molecular formula is C13H11F3N2O. The maximum absolute atomic E-state index is 13.6. The maximum atomic E-state index is 13.6. The molecule has 0 radical (unpaired) electrons. The van der Waals surface area contributed by atoms with E-state index in [1.807, 2.05) is 0 Å². The molecule has 100 valence electrons. The van der Waals surface area contributed by atoms with Crippen molar-refractivity contribution in [2.45, 2.75) is 0 Å². The van der Waals surface area contributed by atoms with Gasteiger partial charge in [0, 0.05) is 18.8 Å². The lowest BCUT2D eigenvalue weighted by atomic mass is 10.2. The van der Waals surface area contributed by atoms with Gasteiger partial charge in [0.25, 0.3) is 5.95 Å². The Morgan fingerprint density at radius 3 is 2.26 bits per heavy atom. The molecule has 0 aliphatic heterocycles. The lowest BCUT2D eigenvalue weighted by Gasteiger charge is -2.19. The summed E-state index contributed by atoms with van der Waals surface area (Å²) in [6, 6.07) is 7.12. The molecule has 0 spiro atoms. The summed E-state index contributed by atoms with van der Waals surface area (Å²) < 4.78 is 44.4. The molecule has 3 nitrogen and oxygen atoms in total.